The maximum atomic E-state index is 13.5. The molecule has 3 aliphatic rings. The molecular weight excluding hydrogens is 450 g/mol. The Bertz CT molecular complexity index is 1100. The first-order valence-corrected chi connectivity index (χ1v) is 13.7. The Hall–Kier alpha value is -2.58. The molecule has 0 spiro atoms. The number of nitrogens with two attached hydrogens (primary N) is 1. The minimum Gasteiger partial charge on any atom is -0.494 e. The van der Waals surface area contributed by atoms with Crippen molar-refractivity contribution in [2.75, 3.05) is 43.4 Å². The van der Waals surface area contributed by atoms with Crippen LogP contribution in [0.5, 0.6) is 5.75 Å². The Morgan fingerprint density at radius 2 is 1.68 bits per heavy atom. The van der Waals surface area contributed by atoms with E-state index in [9.17, 15) is 13.2 Å². The molecule has 7 nitrogen and oxygen atoms in total. The van der Waals surface area contributed by atoms with Gasteiger partial charge in [0.1, 0.15) is 5.75 Å². The summed E-state index contributed by atoms with van der Waals surface area (Å²) in [7, 11) is -3.42. The number of ether oxygens (including phenoxy) is 1. The second-order valence-corrected chi connectivity index (χ2v) is 11.6. The largest absolute Gasteiger partial charge is 0.494 e. The van der Waals surface area contributed by atoms with Crippen molar-refractivity contribution in [2.45, 2.75) is 31.7 Å². The van der Waals surface area contributed by atoms with E-state index in [0.29, 0.717) is 43.0 Å². The monoisotopic (exact) mass is 485 g/mol. The highest BCUT2D eigenvalue weighted by atomic mass is 32.2. The van der Waals surface area contributed by atoms with Crippen LogP contribution < -0.4 is 15.4 Å². The van der Waals surface area contributed by atoms with Crippen molar-refractivity contribution in [3.8, 4) is 5.75 Å². The van der Waals surface area contributed by atoms with Crippen molar-refractivity contribution >= 4 is 21.4 Å². The van der Waals surface area contributed by atoms with Crippen LogP contribution in [0.15, 0.2) is 53.4 Å². The second kappa shape index (κ2) is 9.96. The quantitative estimate of drug-likeness (QED) is 0.648. The van der Waals surface area contributed by atoms with E-state index in [1.807, 2.05) is 24.0 Å². The summed E-state index contributed by atoms with van der Waals surface area (Å²) < 4.78 is 30.1. The van der Waals surface area contributed by atoms with Gasteiger partial charge in [0.05, 0.1) is 17.3 Å². The average molecular weight is 486 g/mol. The molecule has 2 bridgehead atoms. The van der Waals surface area contributed by atoms with E-state index in [-0.39, 0.29) is 29.1 Å². The fourth-order valence-corrected chi connectivity index (χ4v) is 6.41. The Labute approximate surface area is 202 Å². The first-order valence-electron chi connectivity index (χ1n) is 12.1. The summed E-state index contributed by atoms with van der Waals surface area (Å²) in [6.07, 6.45) is 0. The predicted molar refractivity (Wildman–Crippen MR) is 134 cm³/mol. The molecular formula is C26H35N3O4S. The maximum Gasteiger partial charge on any atom is 0.253 e. The highest BCUT2D eigenvalue weighted by Crippen LogP contribution is 2.40. The fraction of sp³-hybridized carbons (Fsp3) is 0.500. The average Bonchev–Trinajstić information content (AvgIpc) is 3.10. The van der Waals surface area contributed by atoms with Crippen LogP contribution in [0.4, 0.5) is 5.69 Å². The molecule has 0 aliphatic carbocycles. The molecule has 3 heterocycles. The molecule has 3 fully saturated rings. The van der Waals surface area contributed by atoms with Gasteiger partial charge in [-0.25, -0.2) is 8.42 Å². The number of fused-ring (bicyclic) bond motifs is 4. The van der Waals surface area contributed by atoms with E-state index in [2.05, 4.69) is 30.9 Å². The summed E-state index contributed by atoms with van der Waals surface area (Å²) in [5.74, 6) is 2.01. The molecule has 2 unspecified atom stereocenters. The van der Waals surface area contributed by atoms with Gasteiger partial charge >= 0.3 is 0 Å². The van der Waals surface area contributed by atoms with Gasteiger partial charge in [-0.2, -0.15) is 0 Å². The number of carbonyl (C=O) groups is 1. The smallest absolute Gasteiger partial charge is 0.253 e. The number of amides is 1. The third kappa shape index (κ3) is 4.79. The first kappa shape index (κ1) is 24.5. The third-order valence-electron chi connectivity index (χ3n) is 7.49. The zero-order chi connectivity index (χ0) is 24.5. The molecule has 0 saturated carbocycles. The van der Waals surface area contributed by atoms with E-state index in [0.717, 1.165) is 18.0 Å². The maximum absolute atomic E-state index is 13.5. The lowest BCUT2D eigenvalue weighted by molar-refractivity contribution is 0.0745. The minimum atomic E-state index is -3.42. The van der Waals surface area contributed by atoms with Gasteiger partial charge in [-0.1, -0.05) is 13.8 Å². The van der Waals surface area contributed by atoms with E-state index in [1.54, 1.807) is 12.1 Å². The summed E-state index contributed by atoms with van der Waals surface area (Å²) in [5.41, 5.74) is 7.09. The molecule has 2 N–H and O–H groups in total. The minimum absolute atomic E-state index is 0.0485. The lowest BCUT2D eigenvalue weighted by Crippen LogP contribution is -2.52. The number of hydrogen-bond donors (Lipinski definition) is 1. The van der Waals surface area contributed by atoms with Crippen LogP contribution in [0, 0.1) is 17.8 Å². The SMILES string of the molecule is CCOc1ccc(N2C[C@H]3CN(C(=O)c4ccc(S(=O)(=O)CCN)cc4)C[C@@H]2C(C)C3C)cc1. The molecule has 3 aliphatic heterocycles. The van der Waals surface area contributed by atoms with Gasteiger partial charge < -0.3 is 20.3 Å². The molecule has 1 amide bonds. The Kier molecular flexibility index (Phi) is 7.19. The lowest BCUT2D eigenvalue weighted by Gasteiger charge is -2.45. The van der Waals surface area contributed by atoms with Crippen molar-refractivity contribution in [1.29, 1.82) is 0 Å². The fourth-order valence-electron chi connectivity index (χ4n) is 5.31. The first-order chi connectivity index (χ1) is 16.2. The van der Waals surface area contributed by atoms with Crippen LogP contribution in [0.25, 0.3) is 0 Å². The zero-order valence-electron chi connectivity index (χ0n) is 20.2. The van der Waals surface area contributed by atoms with E-state index in [4.69, 9.17) is 10.5 Å². The van der Waals surface area contributed by atoms with Crippen LogP contribution in [-0.2, 0) is 9.84 Å². The summed E-state index contributed by atoms with van der Waals surface area (Å²) in [6.45, 7) is 9.51. The van der Waals surface area contributed by atoms with Gasteiger partial charge in [-0.05, 0) is 73.2 Å². The van der Waals surface area contributed by atoms with Crippen LogP contribution in [0.2, 0.25) is 0 Å². The van der Waals surface area contributed by atoms with Crippen molar-refractivity contribution in [2.24, 2.45) is 23.5 Å². The number of anilines is 1. The molecule has 8 heteroatoms. The molecule has 0 radical (unpaired) electrons. The van der Waals surface area contributed by atoms with Crippen molar-refractivity contribution < 1.29 is 17.9 Å². The predicted octanol–water partition coefficient (Wildman–Crippen LogP) is 3.05. The molecule has 2 aromatic rings. The number of benzene rings is 2. The lowest BCUT2D eigenvalue weighted by atomic mass is 9.76. The number of carbonyl (C=O) groups excluding carboxylic acids is 1. The number of hydrogen-bond acceptors (Lipinski definition) is 6. The molecule has 2 aromatic carbocycles. The Morgan fingerprint density at radius 1 is 1.00 bits per heavy atom. The van der Waals surface area contributed by atoms with Crippen LogP contribution >= 0.6 is 0 Å². The summed E-state index contributed by atoms with van der Waals surface area (Å²) in [4.78, 5) is 18.1. The van der Waals surface area contributed by atoms with Gasteiger partial charge in [0.15, 0.2) is 9.84 Å². The van der Waals surface area contributed by atoms with Gasteiger partial charge in [0, 0.05) is 43.5 Å². The number of piperidine rings is 1. The highest BCUT2D eigenvalue weighted by Gasteiger charge is 2.44. The third-order valence-corrected chi connectivity index (χ3v) is 9.25. The molecule has 0 aromatic heterocycles. The van der Waals surface area contributed by atoms with Crippen molar-refractivity contribution in [3.05, 3.63) is 54.1 Å². The van der Waals surface area contributed by atoms with E-state index in [1.165, 1.54) is 12.1 Å². The second-order valence-electron chi connectivity index (χ2n) is 9.47. The number of sulfone groups is 1. The molecule has 4 atom stereocenters. The molecule has 3 saturated heterocycles. The van der Waals surface area contributed by atoms with Gasteiger partial charge in [-0.15, -0.1) is 0 Å². The molecule has 184 valence electrons. The van der Waals surface area contributed by atoms with Crippen LogP contribution in [-0.4, -0.2) is 63.8 Å². The van der Waals surface area contributed by atoms with E-state index >= 15 is 0 Å². The van der Waals surface area contributed by atoms with Gasteiger partial charge in [0.25, 0.3) is 5.91 Å². The topological polar surface area (TPSA) is 92.9 Å². The molecule has 5 rings (SSSR count). The summed E-state index contributed by atoms with van der Waals surface area (Å²) in [5, 5.41) is 0. The number of rotatable bonds is 7. The standard InChI is InChI=1S/C26H35N3O4S/c1-4-33-23-9-7-22(8-10-23)29-16-21-15-28(17-25(29)19(3)18(21)2)26(30)20-5-11-24(12-6-20)34(31,32)14-13-27/h5-12,18-19,21,25H,4,13-17,27H2,1-3H3/t18?,19?,21-,25-/m1/s1. The van der Waals surface area contributed by atoms with Crippen molar-refractivity contribution in [3.63, 3.8) is 0 Å². The van der Waals surface area contributed by atoms with Crippen LogP contribution in [0.1, 0.15) is 31.1 Å². The Balaban J connectivity index is 1.55. The normalized spacial score (nSPS) is 24.7. The highest BCUT2D eigenvalue weighted by molar-refractivity contribution is 7.91. The van der Waals surface area contributed by atoms with Crippen molar-refractivity contribution in [1.82, 2.24) is 4.90 Å². The van der Waals surface area contributed by atoms with Crippen LogP contribution in [0.3, 0.4) is 0 Å². The van der Waals surface area contributed by atoms with Gasteiger partial charge in [0.2, 0.25) is 0 Å². The summed E-state index contributed by atoms with van der Waals surface area (Å²) >= 11 is 0. The molecule has 34 heavy (non-hydrogen) atoms. The summed E-state index contributed by atoms with van der Waals surface area (Å²) in [6, 6.07) is 14.7. The number of nitrogens with zero attached hydrogens (tertiary/aromatic N) is 2. The van der Waals surface area contributed by atoms with E-state index < -0.39 is 9.84 Å². The zero-order valence-corrected chi connectivity index (χ0v) is 21.0. The van der Waals surface area contributed by atoms with Gasteiger partial charge in [-0.3, -0.25) is 4.79 Å². The Morgan fingerprint density at radius 3 is 2.29 bits per heavy atom.